The minimum absolute atomic E-state index is 0.193. The number of ether oxygens (including phenoxy) is 1. The summed E-state index contributed by atoms with van der Waals surface area (Å²) in [5, 5.41) is 0.939. The largest absolute Gasteiger partial charge is 0.373 e. The molecule has 92 valence electrons. The second kappa shape index (κ2) is 4.88. The van der Waals surface area contributed by atoms with Crippen molar-refractivity contribution in [3.8, 4) is 0 Å². The second-order valence-electron chi connectivity index (χ2n) is 4.44. The quantitative estimate of drug-likeness (QED) is 0.787. The Labute approximate surface area is 101 Å². The normalized spacial score (nSPS) is 11.6. The van der Waals surface area contributed by atoms with Gasteiger partial charge < -0.3 is 9.30 Å². The van der Waals surface area contributed by atoms with Crippen LogP contribution in [0.5, 0.6) is 0 Å². The zero-order chi connectivity index (χ0) is 12.4. The molecule has 0 fully saturated rings. The number of aromatic nitrogens is 1. The molecule has 0 bridgehead atoms. The van der Waals surface area contributed by atoms with Crippen LogP contribution in [-0.2, 0) is 17.9 Å². The van der Waals surface area contributed by atoms with Gasteiger partial charge in [-0.05, 0) is 45.0 Å². The maximum atomic E-state index is 13.2. The first-order chi connectivity index (χ1) is 8.11. The Kier molecular flexibility index (Phi) is 3.48. The van der Waals surface area contributed by atoms with Crippen molar-refractivity contribution in [2.75, 3.05) is 0 Å². The van der Waals surface area contributed by atoms with Crippen LogP contribution < -0.4 is 0 Å². The van der Waals surface area contributed by atoms with Crippen molar-refractivity contribution in [2.45, 2.75) is 40.0 Å². The topological polar surface area (TPSA) is 14.2 Å². The van der Waals surface area contributed by atoms with Crippen LogP contribution in [-0.4, -0.2) is 10.7 Å². The number of halogens is 1. The van der Waals surface area contributed by atoms with Gasteiger partial charge >= 0.3 is 0 Å². The smallest absolute Gasteiger partial charge is 0.123 e. The van der Waals surface area contributed by atoms with Crippen LogP contribution in [0.15, 0.2) is 24.3 Å². The van der Waals surface area contributed by atoms with E-state index in [-0.39, 0.29) is 11.9 Å². The second-order valence-corrected chi connectivity index (χ2v) is 4.44. The van der Waals surface area contributed by atoms with E-state index in [0.29, 0.717) is 6.61 Å². The Hall–Kier alpha value is -1.35. The van der Waals surface area contributed by atoms with Gasteiger partial charge in [0.25, 0.3) is 0 Å². The maximum absolute atomic E-state index is 13.2. The Morgan fingerprint density at radius 3 is 2.71 bits per heavy atom. The molecule has 1 heterocycles. The predicted octanol–water partition coefficient (Wildman–Crippen LogP) is 3.73. The number of rotatable bonds is 4. The summed E-state index contributed by atoms with van der Waals surface area (Å²) in [4.78, 5) is 0. The summed E-state index contributed by atoms with van der Waals surface area (Å²) >= 11 is 0. The molecule has 1 aromatic heterocycles. The van der Waals surface area contributed by atoms with E-state index in [0.717, 1.165) is 23.1 Å². The van der Waals surface area contributed by atoms with Crippen LogP contribution >= 0.6 is 0 Å². The van der Waals surface area contributed by atoms with E-state index in [9.17, 15) is 4.39 Å². The van der Waals surface area contributed by atoms with Crippen molar-refractivity contribution in [2.24, 2.45) is 0 Å². The van der Waals surface area contributed by atoms with Crippen LogP contribution in [0.2, 0.25) is 0 Å². The van der Waals surface area contributed by atoms with Gasteiger partial charge in [0.05, 0.1) is 12.7 Å². The van der Waals surface area contributed by atoms with Gasteiger partial charge in [-0.1, -0.05) is 0 Å². The molecule has 3 heteroatoms. The van der Waals surface area contributed by atoms with Crippen LogP contribution in [0.4, 0.5) is 4.39 Å². The summed E-state index contributed by atoms with van der Waals surface area (Å²) in [6.45, 7) is 7.55. The molecule has 2 rings (SSSR count). The highest BCUT2D eigenvalue weighted by Gasteiger charge is 2.08. The zero-order valence-electron chi connectivity index (χ0n) is 10.5. The fourth-order valence-corrected chi connectivity index (χ4v) is 2.04. The van der Waals surface area contributed by atoms with E-state index in [4.69, 9.17) is 4.74 Å². The molecule has 0 spiro atoms. The summed E-state index contributed by atoms with van der Waals surface area (Å²) in [5.74, 6) is -0.193. The summed E-state index contributed by atoms with van der Waals surface area (Å²) in [6.07, 6.45) is 0.204. The molecule has 0 unspecified atom stereocenters. The molecule has 0 saturated carbocycles. The van der Waals surface area contributed by atoms with Gasteiger partial charge in [-0.3, -0.25) is 0 Å². The van der Waals surface area contributed by atoms with E-state index in [1.807, 2.05) is 26.0 Å². The molecule has 0 radical (unpaired) electrons. The average molecular weight is 235 g/mol. The molecule has 0 saturated heterocycles. The molecule has 2 aromatic rings. The highest BCUT2D eigenvalue weighted by atomic mass is 19.1. The maximum Gasteiger partial charge on any atom is 0.123 e. The summed E-state index contributed by atoms with van der Waals surface area (Å²) in [6, 6.07) is 6.90. The third-order valence-electron chi connectivity index (χ3n) is 2.83. The predicted molar refractivity (Wildman–Crippen MR) is 67.5 cm³/mol. The zero-order valence-corrected chi connectivity index (χ0v) is 10.5. The fraction of sp³-hybridized carbons (Fsp3) is 0.429. The number of fused-ring (bicyclic) bond motifs is 1. The van der Waals surface area contributed by atoms with Gasteiger partial charge in [0.1, 0.15) is 5.82 Å². The number of aryl methyl sites for hydroxylation is 1. The third kappa shape index (κ3) is 2.50. The Morgan fingerprint density at radius 1 is 1.29 bits per heavy atom. The molecule has 0 aliphatic heterocycles. The standard InChI is InChI=1S/C14H18FNO/c1-4-16-13(9-17-10(2)3)8-11-7-12(15)5-6-14(11)16/h5-8,10H,4,9H2,1-3H3. The third-order valence-corrected chi connectivity index (χ3v) is 2.83. The van der Waals surface area contributed by atoms with Gasteiger partial charge in [0.15, 0.2) is 0 Å². The summed E-state index contributed by atoms with van der Waals surface area (Å²) in [5.41, 5.74) is 2.16. The Bertz CT molecular complexity index is 516. The van der Waals surface area contributed by atoms with Crippen molar-refractivity contribution in [3.05, 3.63) is 35.8 Å². The molecule has 17 heavy (non-hydrogen) atoms. The number of hydrogen-bond acceptors (Lipinski definition) is 1. The van der Waals surface area contributed by atoms with Gasteiger partial charge in [-0.15, -0.1) is 0 Å². The van der Waals surface area contributed by atoms with Crippen LogP contribution in [0.3, 0.4) is 0 Å². The molecule has 0 aliphatic rings. The lowest BCUT2D eigenvalue weighted by Gasteiger charge is -2.10. The average Bonchev–Trinajstić information content (AvgIpc) is 2.62. The minimum atomic E-state index is -0.193. The van der Waals surface area contributed by atoms with Crippen molar-refractivity contribution >= 4 is 10.9 Å². The number of benzene rings is 1. The first-order valence-electron chi connectivity index (χ1n) is 6.01. The van der Waals surface area contributed by atoms with Crippen molar-refractivity contribution in [1.82, 2.24) is 4.57 Å². The van der Waals surface area contributed by atoms with Gasteiger partial charge in [-0.25, -0.2) is 4.39 Å². The molecule has 0 aliphatic carbocycles. The monoisotopic (exact) mass is 235 g/mol. The van der Waals surface area contributed by atoms with E-state index < -0.39 is 0 Å². The molecule has 0 N–H and O–H groups in total. The summed E-state index contributed by atoms with van der Waals surface area (Å²) < 4.78 is 20.9. The van der Waals surface area contributed by atoms with Crippen molar-refractivity contribution in [1.29, 1.82) is 0 Å². The molecule has 0 amide bonds. The first kappa shape index (κ1) is 12.1. The van der Waals surface area contributed by atoms with Crippen LogP contribution in [0.1, 0.15) is 26.5 Å². The first-order valence-corrected chi connectivity index (χ1v) is 6.01. The van der Waals surface area contributed by atoms with Crippen molar-refractivity contribution in [3.63, 3.8) is 0 Å². The molecular weight excluding hydrogens is 217 g/mol. The van der Waals surface area contributed by atoms with E-state index in [1.165, 1.54) is 6.07 Å². The molecule has 1 aromatic carbocycles. The van der Waals surface area contributed by atoms with Crippen LogP contribution in [0.25, 0.3) is 10.9 Å². The van der Waals surface area contributed by atoms with Gasteiger partial charge in [0, 0.05) is 23.1 Å². The highest BCUT2D eigenvalue weighted by molar-refractivity contribution is 5.81. The van der Waals surface area contributed by atoms with E-state index in [1.54, 1.807) is 6.07 Å². The molecule has 2 nitrogen and oxygen atoms in total. The highest BCUT2D eigenvalue weighted by Crippen LogP contribution is 2.21. The number of hydrogen-bond donors (Lipinski definition) is 0. The lowest BCUT2D eigenvalue weighted by Crippen LogP contribution is -2.07. The van der Waals surface area contributed by atoms with E-state index >= 15 is 0 Å². The summed E-state index contributed by atoms with van der Waals surface area (Å²) in [7, 11) is 0. The SMILES string of the molecule is CCn1c(COC(C)C)cc2cc(F)ccc21. The van der Waals surface area contributed by atoms with Gasteiger partial charge in [0.2, 0.25) is 0 Å². The van der Waals surface area contributed by atoms with Crippen LogP contribution in [0, 0.1) is 5.82 Å². The number of nitrogens with zero attached hydrogens (tertiary/aromatic N) is 1. The van der Waals surface area contributed by atoms with Gasteiger partial charge in [-0.2, -0.15) is 0 Å². The Balaban J connectivity index is 2.41. The Morgan fingerprint density at radius 2 is 2.06 bits per heavy atom. The molecule has 0 atom stereocenters. The lowest BCUT2D eigenvalue weighted by atomic mass is 10.2. The fourth-order valence-electron chi connectivity index (χ4n) is 2.04. The minimum Gasteiger partial charge on any atom is -0.373 e. The van der Waals surface area contributed by atoms with E-state index in [2.05, 4.69) is 11.5 Å². The lowest BCUT2D eigenvalue weighted by molar-refractivity contribution is 0.0620. The molecular formula is C14H18FNO. The van der Waals surface area contributed by atoms with Crippen molar-refractivity contribution < 1.29 is 9.13 Å².